The normalized spacial score (nSPS) is 20.4. The van der Waals surface area contributed by atoms with Crippen molar-refractivity contribution in [1.82, 2.24) is 4.90 Å². The van der Waals surface area contributed by atoms with Gasteiger partial charge in [0.25, 0.3) is 0 Å². The Hall–Kier alpha value is -2.45. The van der Waals surface area contributed by atoms with Crippen LogP contribution in [0.3, 0.4) is 0 Å². The van der Waals surface area contributed by atoms with Crippen LogP contribution in [0, 0.1) is 5.41 Å². The third-order valence-corrected chi connectivity index (χ3v) is 4.40. The number of hydrogen-bond acceptors (Lipinski definition) is 4. The molecule has 1 N–H and O–H groups in total. The molecule has 1 unspecified atom stereocenters. The summed E-state index contributed by atoms with van der Waals surface area (Å²) in [5.74, 6) is -1.69. The Morgan fingerprint density at radius 2 is 1.96 bits per heavy atom. The molecule has 1 aromatic rings. The number of amides is 1. The highest BCUT2D eigenvalue weighted by Gasteiger charge is 2.64. The first-order valence-corrected chi connectivity index (χ1v) is 7.43. The fourth-order valence-corrected chi connectivity index (χ4v) is 2.84. The van der Waals surface area contributed by atoms with Gasteiger partial charge in [0.1, 0.15) is 11.5 Å². The molecule has 138 valence electrons. The van der Waals surface area contributed by atoms with E-state index in [-0.39, 0.29) is 13.0 Å². The molecule has 0 bridgehead atoms. The van der Waals surface area contributed by atoms with Gasteiger partial charge in [-0.1, -0.05) is 0 Å². The van der Waals surface area contributed by atoms with Crippen LogP contribution in [0.5, 0.6) is 11.5 Å². The summed E-state index contributed by atoms with van der Waals surface area (Å²) in [6.45, 7) is -1.16. The van der Waals surface area contributed by atoms with Gasteiger partial charge < -0.3 is 19.5 Å². The first kappa shape index (κ1) is 18.9. The first-order chi connectivity index (χ1) is 11.6. The summed E-state index contributed by atoms with van der Waals surface area (Å²) in [5.41, 5.74) is -2.46. The number of carbonyl (C=O) groups excluding carboxylic acids is 1. The van der Waals surface area contributed by atoms with Crippen LogP contribution in [0.1, 0.15) is 12.0 Å². The van der Waals surface area contributed by atoms with E-state index in [0.29, 0.717) is 17.1 Å². The minimum Gasteiger partial charge on any atom is -0.497 e. The van der Waals surface area contributed by atoms with E-state index in [1.165, 1.54) is 14.2 Å². The van der Waals surface area contributed by atoms with Crippen LogP contribution in [-0.4, -0.2) is 55.4 Å². The number of rotatable bonds is 5. The molecule has 2 rings (SSSR count). The number of methoxy groups -OCH3 is 2. The van der Waals surface area contributed by atoms with Gasteiger partial charge in [-0.15, -0.1) is 0 Å². The molecule has 1 saturated heterocycles. The summed E-state index contributed by atoms with van der Waals surface area (Å²) < 4.78 is 49.8. The highest BCUT2D eigenvalue weighted by atomic mass is 19.4. The van der Waals surface area contributed by atoms with Gasteiger partial charge in [-0.2, -0.15) is 13.2 Å². The monoisotopic (exact) mass is 361 g/mol. The molecule has 1 amide bonds. The zero-order valence-electron chi connectivity index (χ0n) is 13.7. The van der Waals surface area contributed by atoms with Crippen LogP contribution < -0.4 is 9.47 Å². The number of carboxylic acid groups (broad SMARTS) is 1. The van der Waals surface area contributed by atoms with Gasteiger partial charge in [0.2, 0.25) is 5.91 Å². The van der Waals surface area contributed by atoms with E-state index in [2.05, 4.69) is 0 Å². The quantitative estimate of drug-likeness (QED) is 0.869. The van der Waals surface area contributed by atoms with Crippen molar-refractivity contribution >= 4 is 11.9 Å². The largest absolute Gasteiger partial charge is 0.497 e. The van der Waals surface area contributed by atoms with Crippen molar-refractivity contribution < 1.29 is 37.3 Å². The van der Waals surface area contributed by atoms with Crippen LogP contribution in [0.2, 0.25) is 0 Å². The Bertz CT molecular complexity index is 676. The fourth-order valence-electron chi connectivity index (χ4n) is 2.84. The van der Waals surface area contributed by atoms with Gasteiger partial charge in [-0.05, 0) is 24.6 Å². The molecule has 0 radical (unpaired) electrons. The van der Waals surface area contributed by atoms with Crippen LogP contribution in [-0.2, 0) is 16.0 Å². The van der Waals surface area contributed by atoms with Gasteiger partial charge in [0.15, 0.2) is 5.41 Å². The second kappa shape index (κ2) is 6.81. The molecular formula is C16H18F3NO5. The molecule has 6 nitrogen and oxygen atoms in total. The molecule has 0 spiro atoms. The Morgan fingerprint density at radius 1 is 1.28 bits per heavy atom. The highest BCUT2D eigenvalue weighted by Crippen LogP contribution is 2.45. The molecule has 1 atom stereocenters. The molecule has 1 aliphatic rings. The maximum atomic E-state index is 13.2. The van der Waals surface area contributed by atoms with Gasteiger partial charge in [-0.25, -0.2) is 0 Å². The molecule has 0 saturated carbocycles. The number of halogens is 3. The van der Waals surface area contributed by atoms with E-state index in [1.54, 1.807) is 18.2 Å². The van der Waals surface area contributed by atoms with E-state index in [9.17, 15) is 22.8 Å². The van der Waals surface area contributed by atoms with Crippen LogP contribution >= 0.6 is 0 Å². The molecule has 9 heteroatoms. The minimum absolute atomic E-state index is 0.214. The number of likely N-dealkylation sites (tertiary alicyclic amines) is 1. The number of benzene rings is 1. The average Bonchev–Trinajstić information content (AvgIpc) is 3.01. The minimum atomic E-state index is -4.93. The van der Waals surface area contributed by atoms with Crippen molar-refractivity contribution in [2.24, 2.45) is 5.41 Å². The third-order valence-electron chi connectivity index (χ3n) is 4.40. The number of ether oxygens (including phenoxy) is 2. The van der Waals surface area contributed by atoms with E-state index >= 15 is 0 Å². The Balaban J connectivity index is 2.19. The Morgan fingerprint density at radius 3 is 2.44 bits per heavy atom. The number of hydrogen-bond donors (Lipinski definition) is 1. The zero-order chi connectivity index (χ0) is 18.8. The number of alkyl halides is 3. The van der Waals surface area contributed by atoms with Gasteiger partial charge in [0, 0.05) is 18.7 Å². The van der Waals surface area contributed by atoms with Gasteiger partial charge >= 0.3 is 12.1 Å². The van der Waals surface area contributed by atoms with Crippen molar-refractivity contribution in [2.45, 2.75) is 19.0 Å². The lowest BCUT2D eigenvalue weighted by Crippen LogP contribution is -2.47. The Kier molecular flexibility index (Phi) is 5.15. The predicted octanol–water partition coefficient (Wildman–Crippen LogP) is 2.11. The molecule has 1 heterocycles. The molecule has 1 aromatic carbocycles. The van der Waals surface area contributed by atoms with Gasteiger partial charge in [-0.3, -0.25) is 9.59 Å². The molecule has 25 heavy (non-hydrogen) atoms. The van der Waals surface area contributed by atoms with Crippen molar-refractivity contribution in [1.29, 1.82) is 0 Å². The molecule has 0 aromatic heterocycles. The lowest BCUT2D eigenvalue weighted by atomic mass is 9.86. The number of carboxylic acids is 1. The SMILES string of the molecule is COc1ccc(OC)c(CC(=O)N2CCC(C(=O)O)(C(F)(F)F)C2)c1. The van der Waals surface area contributed by atoms with Crippen molar-refractivity contribution in [2.75, 3.05) is 27.3 Å². The van der Waals surface area contributed by atoms with Crippen molar-refractivity contribution in [3.63, 3.8) is 0 Å². The molecule has 1 fully saturated rings. The van der Waals surface area contributed by atoms with E-state index in [4.69, 9.17) is 14.6 Å². The summed E-state index contributed by atoms with van der Waals surface area (Å²) in [4.78, 5) is 24.5. The lowest BCUT2D eigenvalue weighted by Gasteiger charge is -2.27. The summed E-state index contributed by atoms with van der Waals surface area (Å²) in [5, 5.41) is 9.04. The average molecular weight is 361 g/mol. The summed E-state index contributed by atoms with van der Waals surface area (Å²) >= 11 is 0. The van der Waals surface area contributed by atoms with E-state index in [0.717, 1.165) is 4.90 Å². The summed E-state index contributed by atoms with van der Waals surface area (Å²) in [7, 11) is 2.85. The molecule has 1 aliphatic heterocycles. The predicted molar refractivity (Wildman–Crippen MR) is 80.6 cm³/mol. The summed E-state index contributed by atoms with van der Waals surface area (Å²) in [6, 6.07) is 4.77. The smallest absolute Gasteiger partial charge is 0.406 e. The van der Waals surface area contributed by atoms with Gasteiger partial charge in [0.05, 0.1) is 20.6 Å². The van der Waals surface area contributed by atoms with Crippen molar-refractivity contribution in [3.05, 3.63) is 23.8 Å². The second-order valence-electron chi connectivity index (χ2n) is 5.80. The fraction of sp³-hybridized carbons (Fsp3) is 0.500. The molecule has 0 aliphatic carbocycles. The maximum absolute atomic E-state index is 13.2. The van der Waals surface area contributed by atoms with E-state index in [1.807, 2.05) is 0 Å². The highest BCUT2D eigenvalue weighted by molar-refractivity contribution is 5.83. The standard InChI is InChI=1S/C16H18F3NO5/c1-24-11-3-4-12(25-2)10(7-11)8-13(21)20-6-5-15(9-20,14(22)23)16(17,18)19/h3-4,7H,5-6,8-9H2,1-2H3,(H,22,23). The first-order valence-electron chi connectivity index (χ1n) is 7.43. The second-order valence-corrected chi connectivity index (χ2v) is 5.80. The van der Waals surface area contributed by atoms with Crippen LogP contribution in [0.15, 0.2) is 18.2 Å². The maximum Gasteiger partial charge on any atom is 0.406 e. The van der Waals surface area contributed by atoms with E-state index < -0.39 is 36.4 Å². The third kappa shape index (κ3) is 3.49. The number of carbonyl (C=O) groups is 2. The van der Waals surface area contributed by atoms with Crippen LogP contribution in [0.25, 0.3) is 0 Å². The number of nitrogens with zero attached hydrogens (tertiary/aromatic N) is 1. The van der Waals surface area contributed by atoms with Crippen LogP contribution in [0.4, 0.5) is 13.2 Å². The number of aliphatic carboxylic acids is 1. The summed E-state index contributed by atoms with van der Waals surface area (Å²) in [6.07, 6.45) is -5.80. The Labute approximate surface area is 142 Å². The lowest BCUT2D eigenvalue weighted by molar-refractivity contribution is -0.227. The zero-order valence-corrected chi connectivity index (χ0v) is 13.7. The van der Waals surface area contributed by atoms with Crippen molar-refractivity contribution in [3.8, 4) is 11.5 Å². The molecular weight excluding hydrogens is 343 g/mol. The topological polar surface area (TPSA) is 76.1 Å².